The highest BCUT2D eigenvalue weighted by Gasteiger charge is 2.17. The lowest BCUT2D eigenvalue weighted by atomic mass is 10.0. The molecule has 1 atom stereocenters. The number of aromatic nitrogens is 3. The van der Waals surface area contributed by atoms with Gasteiger partial charge in [-0.2, -0.15) is 15.0 Å². The second-order valence-corrected chi connectivity index (χ2v) is 6.49. The van der Waals surface area contributed by atoms with Crippen LogP contribution < -0.4 is 10.1 Å². The molecule has 1 heterocycles. The van der Waals surface area contributed by atoms with Crippen LogP contribution in [0.2, 0.25) is 0 Å². The summed E-state index contributed by atoms with van der Waals surface area (Å²) in [6.07, 6.45) is 5.46. The van der Waals surface area contributed by atoms with Gasteiger partial charge >= 0.3 is 0 Å². The Balaban J connectivity index is 1.80. The summed E-state index contributed by atoms with van der Waals surface area (Å²) in [5.41, 5.74) is 1.13. The molecule has 1 aromatic heterocycles. The SMILES string of the molecule is CCCOc1ccc(CCC(=O)N[C@@H](Cn2nccn2)C(C)C)cc1. The summed E-state index contributed by atoms with van der Waals surface area (Å²) in [6, 6.07) is 7.98. The van der Waals surface area contributed by atoms with E-state index in [1.165, 1.54) is 0 Å². The second kappa shape index (κ2) is 9.81. The fraction of sp³-hybridized carbons (Fsp3) is 0.526. The van der Waals surface area contributed by atoms with Crippen LogP contribution in [0.3, 0.4) is 0 Å². The van der Waals surface area contributed by atoms with Crippen molar-refractivity contribution in [1.82, 2.24) is 20.3 Å². The number of hydrogen-bond acceptors (Lipinski definition) is 4. The maximum absolute atomic E-state index is 12.3. The Morgan fingerprint density at radius 1 is 1.20 bits per heavy atom. The van der Waals surface area contributed by atoms with Gasteiger partial charge in [-0.15, -0.1) is 0 Å². The van der Waals surface area contributed by atoms with E-state index in [0.29, 0.717) is 25.3 Å². The summed E-state index contributed by atoms with van der Waals surface area (Å²) in [6.45, 7) is 7.57. The van der Waals surface area contributed by atoms with Crippen LogP contribution in [-0.2, 0) is 17.8 Å². The van der Waals surface area contributed by atoms with Gasteiger partial charge in [-0.25, -0.2) is 0 Å². The van der Waals surface area contributed by atoms with Gasteiger partial charge in [-0.05, 0) is 36.5 Å². The zero-order chi connectivity index (χ0) is 18.1. The van der Waals surface area contributed by atoms with Crippen molar-refractivity contribution in [3.8, 4) is 5.75 Å². The largest absolute Gasteiger partial charge is 0.494 e. The van der Waals surface area contributed by atoms with Gasteiger partial charge in [-0.3, -0.25) is 4.79 Å². The third-order valence-corrected chi connectivity index (χ3v) is 4.01. The number of carbonyl (C=O) groups is 1. The van der Waals surface area contributed by atoms with Crippen LogP contribution >= 0.6 is 0 Å². The molecule has 0 aliphatic heterocycles. The number of amides is 1. The molecule has 25 heavy (non-hydrogen) atoms. The Bertz CT molecular complexity index is 623. The van der Waals surface area contributed by atoms with E-state index < -0.39 is 0 Å². The molecule has 1 aromatic carbocycles. The van der Waals surface area contributed by atoms with Crippen molar-refractivity contribution in [3.05, 3.63) is 42.2 Å². The Labute approximate surface area is 149 Å². The van der Waals surface area contributed by atoms with Crippen molar-refractivity contribution in [2.24, 2.45) is 5.92 Å². The molecule has 0 saturated heterocycles. The quantitative estimate of drug-likeness (QED) is 0.719. The molecule has 0 aliphatic carbocycles. The fourth-order valence-corrected chi connectivity index (χ4v) is 2.45. The molecule has 0 radical (unpaired) electrons. The summed E-state index contributed by atoms with van der Waals surface area (Å²) in [5.74, 6) is 1.24. The molecule has 2 rings (SSSR count). The highest BCUT2D eigenvalue weighted by atomic mass is 16.5. The lowest BCUT2D eigenvalue weighted by Gasteiger charge is -2.21. The van der Waals surface area contributed by atoms with E-state index in [9.17, 15) is 4.79 Å². The third-order valence-electron chi connectivity index (χ3n) is 4.01. The summed E-state index contributed by atoms with van der Waals surface area (Å²) < 4.78 is 5.57. The minimum atomic E-state index is 0.0183. The topological polar surface area (TPSA) is 69.0 Å². The number of nitrogens with one attached hydrogen (secondary N) is 1. The standard InChI is InChI=1S/C19H28N4O2/c1-4-13-25-17-8-5-16(6-9-17)7-10-19(24)22-18(15(2)3)14-23-20-11-12-21-23/h5-6,8-9,11-12,15,18H,4,7,10,13-14H2,1-3H3,(H,22,24)/t18-/m0/s1. The molecule has 0 saturated carbocycles. The lowest BCUT2D eigenvalue weighted by molar-refractivity contribution is -0.122. The van der Waals surface area contributed by atoms with Crippen molar-refractivity contribution in [1.29, 1.82) is 0 Å². The Hall–Kier alpha value is -2.37. The monoisotopic (exact) mass is 344 g/mol. The molecule has 0 aliphatic rings. The van der Waals surface area contributed by atoms with E-state index in [1.54, 1.807) is 17.2 Å². The minimum absolute atomic E-state index is 0.0183. The maximum Gasteiger partial charge on any atom is 0.220 e. The van der Waals surface area contributed by atoms with Gasteiger partial charge in [-0.1, -0.05) is 32.9 Å². The first kappa shape index (κ1) is 19.0. The van der Waals surface area contributed by atoms with Gasteiger partial charge in [0.15, 0.2) is 0 Å². The van der Waals surface area contributed by atoms with Crippen LogP contribution in [0.1, 0.15) is 39.2 Å². The number of aryl methyl sites for hydroxylation is 1. The highest BCUT2D eigenvalue weighted by molar-refractivity contribution is 5.76. The van der Waals surface area contributed by atoms with Crippen molar-refractivity contribution >= 4 is 5.91 Å². The maximum atomic E-state index is 12.3. The molecular weight excluding hydrogens is 316 g/mol. The van der Waals surface area contributed by atoms with Crippen LogP contribution in [0.5, 0.6) is 5.75 Å². The van der Waals surface area contributed by atoms with Crippen LogP contribution in [0.4, 0.5) is 0 Å². The van der Waals surface area contributed by atoms with Gasteiger partial charge in [0.05, 0.1) is 31.6 Å². The summed E-state index contributed by atoms with van der Waals surface area (Å²) >= 11 is 0. The van der Waals surface area contributed by atoms with Crippen LogP contribution in [0.25, 0.3) is 0 Å². The smallest absolute Gasteiger partial charge is 0.220 e. The first-order valence-electron chi connectivity index (χ1n) is 8.93. The average Bonchev–Trinajstić information content (AvgIpc) is 3.11. The Kier molecular flexibility index (Phi) is 7.44. The number of ether oxygens (including phenoxy) is 1. The minimum Gasteiger partial charge on any atom is -0.494 e. The molecule has 6 nitrogen and oxygen atoms in total. The Morgan fingerprint density at radius 2 is 1.88 bits per heavy atom. The van der Waals surface area contributed by atoms with Crippen LogP contribution in [0, 0.1) is 5.92 Å². The fourth-order valence-electron chi connectivity index (χ4n) is 2.45. The van der Waals surface area contributed by atoms with Gasteiger partial charge in [0.25, 0.3) is 0 Å². The van der Waals surface area contributed by atoms with Crippen molar-refractivity contribution in [2.75, 3.05) is 6.61 Å². The molecular formula is C19H28N4O2. The summed E-state index contributed by atoms with van der Waals surface area (Å²) in [5, 5.41) is 11.3. The van der Waals surface area contributed by atoms with Gasteiger partial charge in [0.2, 0.25) is 5.91 Å². The van der Waals surface area contributed by atoms with E-state index in [-0.39, 0.29) is 11.9 Å². The number of rotatable bonds is 10. The number of nitrogens with zero attached hydrogens (tertiary/aromatic N) is 3. The van der Waals surface area contributed by atoms with Crippen LogP contribution in [-0.4, -0.2) is 33.5 Å². The van der Waals surface area contributed by atoms with Crippen molar-refractivity contribution in [3.63, 3.8) is 0 Å². The first-order chi connectivity index (χ1) is 12.1. The highest BCUT2D eigenvalue weighted by Crippen LogP contribution is 2.14. The van der Waals surface area contributed by atoms with E-state index in [4.69, 9.17) is 4.74 Å². The zero-order valence-corrected chi connectivity index (χ0v) is 15.3. The van der Waals surface area contributed by atoms with Gasteiger partial charge < -0.3 is 10.1 Å². The van der Waals surface area contributed by atoms with Crippen molar-refractivity contribution < 1.29 is 9.53 Å². The normalized spacial score (nSPS) is 12.2. The van der Waals surface area contributed by atoms with Crippen LogP contribution in [0.15, 0.2) is 36.7 Å². The number of benzene rings is 1. The summed E-state index contributed by atoms with van der Waals surface area (Å²) in [4.78, 5) is 13.9. The molecule has 6 heteroatoms. The third kappa shape index (κ3) is 6.57. The predicted octanol–water partition coefficient (Wildman–Crippen LogP) is 2.84. The summed E-state index contributed by atoms with van der Waals surface area (Å²) in [7, 11) is 0. The number of carbonyl (C=O) groups excluding carboxylic acids is 1. The van der Waals surface area contributed by atoms with E-state index in [2.05, 4.69) is 36.3 Å². The van der Waals surface area contributed by atoms with E-state index in [0.717, 1.165) is 24.3 Å². The lowest BCUT2D eigenvalue weighted by Crippen LogP contribution is -2.42. The van der Waals surface area contributed by atoms with Gasteiger partial charge in [0.1, 0.15) is 5.75 Å². The second-order valence-electron chi connectivity index (χ2n) is 6.49. The van der Waals surface area contributed by atoms with E-state index >= 15 is 0 Å². The molecule has 1 amide bonds. The van der Waals surface area contributed by atoms with E-state index in [1.807, 2.05) is 24.3 Å². The van der Waals surface area contributed by atoms with Crippen molar-refractivity contribution in [2.45, 2.75) is 52.6 Å². The molecule has 0 spiro atoms. The first-order valence-corrected chi connectivity index (χ1v) is 8.93. The zero-order valence-electron chi connectivity index (χ0n) is 15.3. The molecule has 2 aromatic rings. The molecule has 0 unspecified atom stereocenters. The molecule has 1 N–H and O–H groups in total. The molecule has 136 valence electrons. The molecule has 0 fully saturated rings. The molecule has 0 bridgehead atoms. The van der Waals surface area contributed by atoms with Gasteiger partial charge in [0, 0.05) is 6.42 Å². The predicted molar refractivity (Wildman–Crippen MR) is 97.3 cm³/mol. The average molecular weight is 344 g/mol. The number of hydrogen-bond donors (Lipinski definition) is 1. The Morgan fingerprint density at radius 3 is 2.48 bits per heavy atom.